The molecule has 0 fully saturated rings. The van der Waals surface area contributed by atoms with E-state index >= 15 is 0 Å². The summed E-state index contributed by atoms with van der Waals surface area (Å²) in [5.41, 5.74) is 0.982. The molecule has 1 N–H and O–H groups in total. The third-order valence-electron chi connectivity index (χ3n) is 2.48. The van der Waals surface area contributed by atoms with Crippen LogP contribution in [0.2, 0.25) is 0 Å². The van der Waals surface area contributed by atoms with Gasteiger partial charge in [-0.05, 0) is 13.8 Å². The van der Waals surface area contributed by atoms with Crippen LogP contribution < -0.4 is 0 Å². The molecule has 0 amide bonds. The third kappa shape index (κ3) is 2.65. The second kappa shape index (κ2) is 5.29. The lowest BCUT2D eigenvalue weighted by Gasteiger charge is -2.19. The van der Waals surface area contributed by atoms with Crippen molar-refractivity contribution in [1.29, 1.82) is 5.26 Å². The molecule has 17 heavy (non-hydrogen) atoms. The lowest BCUT2D eigenvalue weighted by atomic mass is 10.4. The number of aromatic nitrogens is 2. The number of nitrogens with zero attached hydrogens (tertiary/aromatic N) is 3. The van der Waals surface area contributed by atoms with E-state index in [1.807, 2.05) is 6.07 Å². The van der Waals surface area contributed by atoms with Crippen LogP contribution >= 0.6 is 0 Å². The fourth-order valence-electron chi connectivity index (χ4n) is 1.67. The van der Waals surface area contributed by atoms with Gasteiger partial charge in [0.25, 0.3) is 0 Å². The Balaban J connectivity index is 3.14. The van der Waals surface area contributed by atoms with Crippen molar-refractivity contribution in [3.8, 4) is 6.07 Å². The minimum Gasteiger partial charge on any atom is -0.281 e. The van der Waals surface area contributed by atoms with Gasteiger partial charge in [0, 0.05) is 19.5 Å². The number of aryl methyl sites for hydroxylation is 2. The molecular weight excluding hydrogens is 240 g/mol. The van der Waals surface area contributed by atoms with Gasteiger partial charge in [-0.1, -0.05) is 6.92 Å². The number of nitriles is 1. The molecule has 1 rings (SSSR count). The van der Waals surface area contributed by atoms with Crippen LogP contribution in [0, 0.1) is 25.2 Å². The largest absolute Gasteiger partial charge is 0.281 e. The van der Waals surface area contributed by atoms with E-state index in [4.69, 9.17) is 5.26 Å². The number of hydrogen-bond acceptors (Lipinski definition) is 4. The van der Waals surface area contributed by atoms with E-state index < -0.39 is 10.0 Å². The Kier molecular flexibility index (Phi) is 4.26. The maximum Gasteiger partial charge on any atom is 0.246 e. The van der Waals surface area contributed by atoms with E-state index in [1.165, 1.54) is 4.31 Å². The number of rotatable bonds is 5. The monoisotopic (exact) mass is 256 g/mol. The summed E-state index contributed by atoms with van der Waals surface area (Å²) < 4.78 is 25.9. The molecule has 94 valence electrons. The SMILES string of the molecule is CCN(CCC#N)S(=O)(=O)c1c(C)n[nH]c1C. The van der Waals surface area contributed by atoms with Crippen molar-refractivity contribution in [2.45, 2.75) is 32.1 Å². The molecule has 0 atom stereocenters. The molecule has 0 aromatic carbocycles. The van der Waals surface area contributed by atoms with Gasteiger partial charge in [0.15, 0.2) is 0 Å². The van der Waals surface area contributed by atoms with E-state index in [0.29, 0.717) is 17.9 Å². The first-order valence-electron chi connectivity index (χ1n) is 5.33. The summed E-state index contributed by atoms with van der Waals surface area (Å²) in [7, 11) is -3.55. The molecule has 7 heteroatoms. The molecule has 0 saturated heterocycles. The van der Waals surface area contributed by atoms with E-state index in [0.717, 1.165) is 0 Å². The minimum absolute atomic E-state index is 0.184. The Hall–Kier alpha value is -1.39. The highest BCUT2D eigenvalue weighted by atomic mass is 32.2. The van der Waals surface area contributed by atoms with Crippen LogP contribution in [0.25, 0.3) is 0 Å². The normalized spacial score (nSPS) is 11.7. The molecule has 1 heterocycles. The summed E-state index contributed by atoms with van der Waals surface area (Å²) >= 11 is 0. The Morgan fingerprint density at radius 1 is 1.47 bits per heavy atom. The zero-order chi connectivity index (χ0) is 13.1. The van der Waals surface area contributed by atoms with E-state index in [9.17, 15) is 8.42 Å². The number of aromatic amines is 1. The fourth-order valence-corrected chi connectivity index (χ4v) is 3.45. The predicted molar refractivity (Wildman–Crippen MR) is 62.7 cm³/mol. The number of hydrogen-bond donors (Lipinski definition) is 1. The van der Waals surface area contributed by atoms with Gasteiger partial charge in [0.2, 0.25) is 10.0 Å². The van der Waals surface area contributed by atoms with Gasteiger partial charge in [0.1, 0.15) is 4.90 Å². The van der Waals surface area contributed by atoms with Gasteiger partial charge >= 0.3 is 0 Å². The number of nitrogens with one attached hydrogen (secondary N) is 1. The maximum atomic E-state index is 12.3. The summed E-state index contributed by atoms with van der Waals surface area (Å²) in [4.78, 5) is 0.220. The second-order valence-corrected chi connectivity index (χ2v) is 5.54. The van der Waals surface area contributed by atoms with Crippen LogP contribution in [0.3, 0.4) is 0 Å². The van der Waals surface area contributed by atoms with Gasteiger partial charge in [0.05, 0.1) is 17.5 Å². The summed E-state index contributed by atoms with van der Waals surface area (Å²) in [6.07, 6.45) is 0.184. The predicted octanol–water partition coefficient (Wildman–Crippen LogP) is 0.951. The summed E-state index contributed by atoms with van der Waals surface area (Å²) in [6.45, 7) is 5.62. The Labute approximate surface area is 101 Å². The number of H-pyrrole nitrogens is 1. The molecule has 1 aromatic heterocycles. The smallest absolute Gasteiger partial charge is 0.246 e. The molecule has 1 aromatic rings. The first-order valence-corrected chi connectivity index (χ1v) is 6.77. The average molecular weight is 256 g/mol. The molecule has 0 radical (unpaired) electrons. The van der Waals surface area contributed by atoms with E-state index in [1.54, 1.807) is 20.8 Å². The van der Waals surface area contributed by atoms with Crippen molar-refractivity contribution in [3.63, 3.8) is 0 Å². The Bertz CT molecular complexity index is 507. The van der Waals surface area contributed by atoms with Crippen molar-refractivity contribution in [2.75, 3.05) is 13.1 Å². The molecule has 0 unspecified atom stereocenters. The first kappa shape index (κ1) is 13.7. The quantitative estimate of drug-likeness (QED) is 0.849. The van der Waals surface area contributed by atoms with Crippen LogP contribution in [0.4, 0.5) is 0 Å². The van der Waals surface area contributed by atoms with Crippen LogP contribution in [-0.2, 0) is 10.0 Å². The Morgan fingerprint density at radius 3 is 2.53 bits per heavy atom. The zero-order valence-electron chi connectivity index (χ0n) is 10.2. The highest BCUT2D eigenvalue weighted by molar-refractivity contribution is 7.89. The highest BCUT2D eigenvalue weighted by Crippen LogP contribution is 2.21. The van der Waals surface area contributed by atoms with Crippen molar-refractivity contribution >= 4 is 10.0 Å². The molecule has 6 nitrogen and oxygen atoms in total. The molecule has 0 aliphatic heterocycles. The van der Waals surface area contributed by atoms with Crippen LogP contribution in [0.15, 0.2) is 4.90 Å². The summed E-state index contributed by atoms with van der Waals surface area (Å²) in [5, 5.41) is 15.1. The molecule has 0 aliphatic carbocycles. The molecule has 0 aliphatic rings. The second-order valence-electron chi connectivity index (χ2n) is 3.67. The van der Waals surface area contributed by atoms with Crippen molar-refractivity contribution in [2.24, 2.45) is 0 Å². The third-order valence-corrected chi connectivity index (χ3v) is 4.72. The molecule has 0 bridgehead atoms. The lowest BCUT2D eigenvalue weighted by molar-refractivity contribution is 0.434. The average Bonchev–Trinajstić information content (AvgIpc) is 2.59. The van der Waals surface area contributed by atoms with Crippen molar-refractivity contribution < 1.29 is 8.42 Å². The topological polar surface area (TPSA) is 89.8 Å². The fraction of sp³-hybridized carbons (Fsp3) is 0.600. The van der Waals surface area contributed by atoms with Crippen LogP contribution in [-0.4, -0.2) is 36.0 Å². The molecule has 0 saturated carbocycles. The van der Waals surface area contributed by atoms with Gasteiger partial charge in [-0.25, -0.2) is 8.42 Å². The van der Waals surface area contributed by atoms with Crippen LogP contribution in [0.1, 0.15) is 24.7 Å². The number of sulfonamides is 1. The molecular formula is C10H16N4O2S. The first-order chi connectivity index (χ1) is 7.95. The van der Waals surface area contributed by atoms with E-state index in [2.05, 4.69) is 10.2 Å². The highest BCUT2D eigenvalue weighted by Gasteiger charge is 2.28. The lowest BCUT2D eigenvalue weighted by Crippen LogP contribution is -2.32. The van der Waals surface area contributed by atoms with Gasteiger partial charge < -0.3 is 0 Å². The van der Waals surface area contributed by atoms with Crippen molar-refractivity contribution in [1.82, 2.24) is 14.5 Å². The van der Waals surface area contributed by atoms with E-state index in [-0.39, 0.29) is 17.9 Å². The molecule has 0 spiro atoms. The van der Waals surface area contributed by atoms with Gasteiger partial charge in [-0.2, -0.15) is 14.7 Å². The van der Waals surface area contributed by atoms with Gasteiger partial charge in [-0.15, -0.1) is 0 Å². The van der Waals surface area contributed by atoms with Crippen molar-refractivity contribution in [3.05, 3.63) is 11.4 Å². The summed E-state index contributed by atoms with van der Waals surface area (Å²) in [5.74, 6) is 0. The standard InChI is InChI=1S/C10H16N4O2S/c1-4-14(7-5-6-11)17(15,16)10-8(2)12-13-9(10)3/h4-5,7H2,1-3H3,(H,12,13). The van der Waals surface area contributed by atoms with Gasteiger partial charge in [-0.3, -0.25) is 5.10 Å². The maximum absolute atomic E-state index is 12.3. The summed E-state index contributed by atoms with van der Waals surface area (Å²) in [6, 6.07) is 1.95. The zero-order valence-corrected chi connectivity index (χ0v) is 11.0. The Morgan fingerprint density at radius 2 is 2.12 bits per heavy atom. The van der Waals surface area contributed by atoms with Crippen LogP contribution in [0.5, 0.6) is 0 Å². The minimum atomic E-state index is -3.55.